The molecule has 0 aliphatic carbocycles. The fourth-order valence-electron chi connectivity index (χ4n) is 2.13. The van der Waals surface area contributed by atoms with Crippen molar-refractivity contribution >= 4 is 6.03 Å². The number of para-hydroxylation sites is 1. The Balaban J connectivity index is 1.78. The summed E-state index contributed by atoms with van der Waals surface area (Å²) < 4.78 is 5.88. The van der Waals surface area contributed by atoms with Gasteiger partial charge in [-0.2, -0.15) is 0 Å². The number of amides is 2. The van der Waals surface area contributed by atoms with Gasteiger partial charge in [-0.05, 0) is 19.1 Å². The van der Waals surface area contributed by atoms with E-state index in [1.54, 1.807) is 0 Å². The number of likely N-dealkylation sites (tertiary alicyclic amines) is 1. The molecule has 0 atom stereocenters. The minimum atomic E-state index is 0.0376. The van der Waals surface area contributed by atoms with Crippen molar-refractivity contribution in [2.75, 3.05) is 19.6 Å². The first-order chi connectivity index (χ1) is 8.79. The number of carbonyl (C=O) groups excluding carboxylic acids is 1. The van der Waals surface area contributed by atoms with Crippen LogP contribution in [0.2, 0.25) is 0 Å². The Labute approximate surface area is 108 Å². The number of benzene rings is 1. The Hall–Kier alpha value is -1.71. The van der Waals surface area contributed by atoms with Gasteiger partial charge >= 0.3 is 6.03 Å². The lowest BCUT2D eigenvalue weighted by atomic mass is 10.1. The van der Waals surface area contributed by atoms with E-state index in [4.69, 9.17) is 4.74 Å². The molecule has 98 valence electrons. The first-order valence-corrected chi connectivity index (χ1v) is 6.54. The molecule has 1 aromatic carbocycles. The number of rotatable bonds is 3. The van der Waals surface area contributed by atoms with Crippen molar-refractivity contribution in [1.29, 1.82) is 0 Å². The molecule has 0 unspecified atom stereocenters. The lowest BCUT2D eigenvalue weighted by Gasteiger charge is -2.32. The number of hydrogen-bond acceptors (Lipinski definition) is 2. The largest absolute Gasteiger partial charge is 0.490 e. The number of piperidine rings is 1. The number of carbonyl (C=O) groups is 1. The molecule has 0 radical (unpaired) electrons. The lowest BCUT2D eigenvalue weighted by molar-refractivity contribution is 0.111. The van der Waals surface area contributed by atoms with Gasteiger partial charge in [0.1, 0.15) is 11.9 Å². The monoisotopic (exact) mass is 248 g/mol. The molecule has 1 aromatic rings. The predicted molar refractivity (Wildman–Crippen MR) is 70.7 cm³/mol. The molecule has 1 aliphatic heterocycles. The third-order valence-electron chi connectivity index (χ3n) is 3.10. The Morgan fingerprint density at radius 1 is 1.33 bits per heavy atom. The predicted octanol–water partition coefficient (Wildman–Crippen LogP) is 2.26. The molecule has 18 heavy (non-hydrogen) atoms. The normalized spacial score (nSPS) is 16.4. The highest BCUT2D eigenvalue weighted by Crippen LogP contribution is 2.18. The molecule has 0 spiro atoms. The number of hydrogen-bond donors (Lipinski definition) is 1. The van der Waals surface area contributed by atoms with Crippen molar-refractivity contribution in [3.05, 3.63) is 30.3 Å². The fraction of sp³-hybridized carbons (Fsp3) is 0.500. The van der Waals surface area contributed by atoms with E-state index in [9.17, 15) is 4.79 Å². The number of urea groups is 1. The van der Waals surface area contributed by atoms with Crippen LogP contribution in [0.25, 0.3) is 0 Å². The molecule has 1 fully saturated rings. The lowest BCUT2D eigenvalue weighted by Crippen LogP contribution is -2.46. The van der Waals surface area contributed by atoms with Crippen LogP contribution in [-0.2, 0) is 0 Å². The second kappa shape index (κ2) is 6.28. The highest BCUT2D eigenvalue weighted by atomic mass is 16.5. The topological polar surface area (TPSA) is 41.6 Å². The molecule has 0 saturated carbocycles. The van der Waals surface area contributed by atoms with Gasteiger partial charge in [0.15, 0.2) is 0 Å². The van der Waals surface area contributed by atoms with E-state index >= 15 is 0 Å². The standard InChI is InChI=1S/C14H20N2O2/c1-2-15-14(17)16-10-8-13(9-11-16)18-12-6-4-3-5-7-12/h3-7,13H,2,8-11H2,1H3,(H,15,17). The van der Waals surface area contributed by atoms with Crippen LogP contribution in [0.3, 0.4) is 0 Å². The zero-order valence-electron chi connectivity index (χ0n) is 10.8. The zero-order chi connectivity index (χ0) is 12.8. The molecule has 2 amide bonds. The summed E-state index contributed by atoms with van der Waals surface area (Å²) in [6.07, 6.45) is 2.01. The van der Waals surface area contributed by atoms with Gasteiger partial charge in [0.2, 0.25) is 0 Å². The van der Waals surface area contributed by atoms with Gasteiger partial charge in [0, 0.05) is 32.5 Å². The molecule has 0 aromatic heterocycles. The van der Waals surface area contributed by atoms with Crippen LogP contribution in [0.4, 0.5) is 4.79 Å². The Kier molecular flexibility index (Phi) is 4.45. The van der Waals surface area contributed by atoms with E-state index in [1.165, 1.54) is 0 Å². The third-order valence-corrected chi connectivity index (χ3v) is 3.10. The average molecular weight is 248 g/mol. The maximum absolute atomic E-state index is 11.6. The van der Waals surface area contributed by atoms with Crippen molar-refractivity contribution < 1.29 is 9.53 Å². The number of nitrogens with one attached hydrogen (secondary N) is 1. The van der Waals surface area contributed by atoms with Crippen LogP contribution < -0.4 is 10.1 Å². The molecule has 2 rings (SSSR count). The maximum Gasteiger partial charge on any atom is 0.317 e. The van der Waals surface area contributed by atoms with E-state index in [2.05, 4.69) is 5.32 Å². The second-order valence-corrected chi connectivity index (χ2v) is 4.45. The van der Waals surface area contributed by atoms with Crippen molar-refractivity contribution in [2.24, 2.45) is 0 Å². The van der Waals surface area contributed by atoms with Crippen LogP contribution in [0.5, 0.6) is 5.75 Å². The van der Waals surface area contributed by atoms with E-state index in [-0.39, 0.29) is 12.1 Å². The van der Waals surface area contributed by atoms with Crippen LogP contribution in [-0.4, -0.2) is 36.7 Å². The highest BCUT2D eigenvalue weighted by Gasteiger charge is 2.23. The van der Waals surface area contributed by atoms with Gasteiger partial charge in [-0.25, -0.2) is 4.79 Å². The molecule has 1 aliphatic rings. The summed E-state index contributed by atoms with van der Waals surface area (Å²) >= 11 is 0. The van der Waals surface area contributed by atoms with Gasteiger partial charge in [0.05, 0.1) is 0 Å². The van der Waals surface area contributed by atoms with Crippen molar-refractivity contribution in [1.82, 2.24) is 10.2 Å². The smallest absolute Gasteiger partial charge is 0.317 e. The summed E-state index contributed by atoms with van der Waals surface area (Å²) in [6, 6.07) is 9.89. The van der Waals surface area contributed by atoms with Gasteiger partial charge in [-0.15, -0.1) is 0 Å². The maximum atomic E-state index is 11.6. The van der Waals surface area contributed by atoms with Crippen molar-refractivity contribution in [3.63, 3.8) is 0 Å². The van der Waals surface area contributed by atoms with Crippen molar-refractivity contribution in [2.45, 2.75) is 25.9 Å². The van der Waals surface area contributed by atoms with Crippen LogP contribution >= 0.6 is 0 Å². The van der Waals surface area contributed by atoms with E-state index < -0.39 is 0 Å². The summed E-state index contributed by atoms with van der Waals surface area (Å²) in [5.74, 6) is 0.911. The molecule has 0 bridgehead atoms. The Morgan fingerprint density at radius 3 is 2.61 bits per heavy atom. The van der Waals surface area contributed by atoms with Gasteiger partial charge in [-0.3, -0.25) is 0 Å². The van der Waals surface area contributed by atoms with E-state index in [0.717, 1.165) is 31.7 Å². The second-order valence-electron chi connectivity index (χ2n) is 4.45. The van der Waals surface area contributed by atoms with Crippen LogP contribution in [0, 0.1) is 0 Å². The molecule has 1 N–H and O–H groups in total. The SMILES string of the molecule is CCNC(=O)N1CCC(Oc2ccccc2)CC1. The van der Waals surface area contributed by atoms with Gasteiger partial charge in [-0.1, -0.05) is 18.2 Å². The highest BCUT2D eigenvalue weighted by molar-refractivity contribution is 5.74. The molecule has 1 saturated heterocycles. The summed E-state index contributed by atoms with van der Waals surface area (Å²) in [4.78, 5) is 13.5. The summed E-state index contributed by atoms with van der Waals surface area (Å²) in [5.41, 5.74) is 0. The molecular formula is C14H20N2O2. The first-order valence-electron chi connectivity index (χ1n) is 6.54. The molecule has 4 heteroatoms. The average Bonchev–Trinajstić information content (AvgIpc) is 2.41. The summed E-state index contributed by atoms with van der Waals surface area (Å²) in [5, 5.41) is 2.83. The molecular weight excluding hydrogens is 228 g/mol. The first kappa shape index (κ1) is 12.7. The van der Waals surface area contributed by atoms with Gasteiger partial charge in [0.25, 0.3) is 0 Å². The summed E-state index contributed by atoms with van der Waals surface area (Å²) in [6.45, 7) is 4.15. The number of nitrogens with zero attached hydrogens (tertiary/aromatic N) is 1. The minimum absolute atomic E-state index is 0.0376. The fourth-order valence-corrected chi connectivity index (χ4v) is 2.13. The minimum Gasteiger partial charge on any atom is -0.490 e. The Bertz CT molecular complexity index is 373. The zero-order valence-corrected chi connectivity index (χ0v) is 10.8. The molecule has 1 heterocycles. The quantitative estimate of drug-likeness (QED) is 0.891. The van der Waals surface area contributed by atoms with Crippen molar-refractivity contribution in [3.8, 4) is 5.75 Å². The molecule has 4 nitrogen and oxygen atoms in total. The van der Waals surface area contributed by atoms with Crippen LogP contribution in [0.15, 0.2) is 30.3 Å². The van der Waals surface area contributed by atoms with E-state index in [1.807, 2.05) is 42.2 Å². The number of ether oxygens (including phenoxy) is 1. The third kappa shape index (κ3) is 3.39. The summed E-state index contributed by atoms with van der Waals surface area (Å²) in [7, 11) is 0. The Morgan fingerprint density at radius 2 is 2.00 bits per heavy atom. The van der Waals surface area contributed by atoms with Gasteiger partial charge < -0.3 is 15.0 Å². The van der Waals surface area contributed by atoms with Crippen LogP contribution in [0.1, 0.15) is 19.8 Å². The van der Waals surface area contributed by atoms with E-state index in [0.29, 0.717) is 6.54 Å².